The lowest BCUT2D eigenvalue weighted by molar-refractivity contribution is 0.0949. The van der Waals surface area contributed by atoms with Crippen molar-refractivity contribution in [3.63, 3.8) is 0 Å². The van der Waals surface area contributed by atoms with Gasteiger partial charge in [-0.25, -0.2) is 4.79 Å². The quantitative estimate of drug-likeness (QED) is 0.878. The number of rotatable bonds is 4. The van der Waals surface area contributed by atoms with E-state index in [1.54, 1.807) is 6.92 Å². The topological polar surface area (TPSA) is 91.8 Å². The first-order valence-electron chi connectivity index (χ1n) is 7.48. The van der Waals surface area contributed by atoms with Crippen molar-refractivity contribution in [2.45, 2.75) is 33.2 Å². The van der Waals surface area contributed by atoms with E-state index in [4.69, 9.17) is 4.74 Å². The molecule has 0 saturated carbocycles. The predicted octanol–water partition coefficient (Wildman–Crippen LogP) is 1.44. The van der Waals surface area contributed by atoms with Crippen molar-refractivity contribution in [1.29, 1.82) is 0 Å². The zero-order chi connectivity index (χ0) is 16.1. The number of aromatic nitrogens is 1. The lowest BCUT2D eigenvalue weighted by Gasteiger charge is -2.28. The highest BCUT2D eigenvalue weighted by Crippen LogP contribution is 2.29. The molecule has 2 heterocycles. The molecular weight excluding hydrogens is 286 g/mol. The standard InChI is InChI=1S/C15H21N3O4/c1-3-6-16-14(20)10-8-17-12-5-7-18(15(21)22-4-2)9-11(12)13(10)19/h8H,3-7,9H2,1-2H3,(H,16,20)(H,17,19). The minimum Gasteiger partial charge on any atom is -0.507 e. The molecule has 0 spiro atoms. The highest BCUT2D eigenvalue weighted by Gasteiger charge is 2.27. The van der Waals surface area contributed by atoms with Gasteiger partial charge in [0.05, 0.1) is 24.4 Å². The second kappa shape index (κ2) is 7.11. The number of ether oxygens (including phenoxy) is 1. The smallest absolute Gasteiger partial charge is 0.410 e. The predicted molar refractivity (Wildman–Crippen MR) is 79.7 cm³/mol. The van der Waals surface area contributed by atoms with Crippen molar-refractivity contribution in [2.75, 3.05) is 19.7 Å². The fourth-order valence-corrected chi connectivity index (χ4v) is 2.34. The molecule has 0 bridgehead atoms. The number of hydrogen-bond donors (Lipinski definition) is 2. The van der Waals surface area contributed by atoms with E-state index in [1.165, 1.54) is 11.1 Å². The number of carbonyl (C=O) groups is 2. The lowest BCUT2D eigenvalue weighted by Crippen LogP contribution is -2.37. The molecule has 2 amide bonds. The molecule has 0 radical (unpaired) electrons. The molecule has 7 nitrogen and oxygen atoms in total. The Morgan fingerprint density at radius 1 is 1.45 bits per heavy atom. The maximum atomic E-state index is 12.0. The Labute approximate surface area is 129 Å². The van der Waals surface area contributed by atoms with Crippen LogP contribution < -0.4 is 5.32 Å². The molecule has 120 valence electrons. The molecule has 22 heavy (non-hydrogen) atoms. The molecule has 0 aliphatic carbocycles. The van der Waals surface area contributed by atoms with Gasteiger partial charge in [-0.3, -0.25) is 9.78 Å². The van der Waals surface area contributed by atoms with Gasteiger partial charge < -0.3 is 20.1 Å². The van der Waals surface area contributed by atoms with Gasteiger partial charge in [-0.2, -0.15) is 0 Å². The van der Waals surface area contributed by atoms with Gasteiger partial charge in [-0.1, -0.05) is 6.92 Å². The van der Waals surface area contributed by atoms with E-state index >= 15 is 0 Å². The van der Waals surface area contributed by atoms with E-state index in [0.29, 0.717) is 37.4 Å². The molecule has 0 fully saturated rings. The number of hydrogen-bond acceptors (Lipinski definition) is 5. The summed E-state index contributed by atoms with van der Waals surface area (Å²) < 4.78 is 4.97. The Morgan fingerprint density at radius 2 is 2.23 bits per heavy atom. The summed E-state index contributed by atoms with van der Waals surface area (Å²) in [6.07, 6.45) is 2.30. The molecule has 7 heteroatoms. The van der Waals surface area contributed by atoms with Crippen molar-refractivity contribution in [2.24, 2.45) is 0 Å². The summed E-state index contributed by atoms with van der Waals surface area (Å²) in [5, 5.41) is 13.1. The van der Waals surface area contributed by atoms with E-state index < -0.39 is 6.09 Å². The van der Waals surface area contributed by atoms with Crippen molar-refractivity contribution >= 4 is 12.0 Å². The van der Waals surface area contributed by atoms with E-state index in [0.717, 1.165) is 6.42 Å². The van der Waals surface area contributed by atoms with Crippen LogP contribution in [0, 0.1) is 0 Å². The Bertz CT molecular complexity index is 574. The van der Waals surface area contributed by atoms with Gasteiger partial charge in [0.15, 0.2) is 0 Å². The van der Waals surface area contributed by atoms with E-state index in [2.05, 4.69) is 10.3 Å². The minimum absolute atomic E-state index is 0.104. The average molecular weight is 307 g/mol. The maximum absolute atomic E-state index is 12.0. The number of fused-ring (bicyclic) bond motifs is 1. The van der Waals surface area contributed by atoms with Gasteiger partial charge >= 0.3 is 6.09 Å². The monoisotopic (exact) mass is 307 g/mol. The highest BCUT2D eigenvalue weighted by molar-refractivity contribution is 5.97. The molecule has 0 unspecified atom stereocenters. The lowest BCUT2D eigenvalue weighted by atomic mass is 10.0. The Morgan fingerprint density at radius 3 is 2.91 bits per heavy atom. The van der Waals surface area contributed by atoms with Gasteiger partial charge in [0.1, 0.15) is 5.75 Å². The van der Waals surface area contributed by atoms with Gasteiger partial charge in [0.2, 0.25) is 0 Å². The van der Waals surface area contributed by atoms with Crippen LogP contribution in [-0.2, 0) is 17.7 Å². The number of amides is 2. The van der Waals surface area contributed by atoms with Crippen LogP contribution in [-0.4, -0.2) is 46.7 Å². The summed E-state index contributed by atoms with van der Waals surface area (Å²) in [6, 6.07) is 0. The van der Waals surface area contributed by atoms with Crippen molar-refractivity contribution in [3.8, 4) is 5.75 Å². The fraction of sp³-hybridized carbons (Fsp3) is 0.533. The Hall–Kier alpha value is -2.31. The van der Waals surface area contributed by atoms with Crippen LogP contribution in [0.25, 0.3) is 0 Å². The zero-order valence-corrected chi connectivity index (χ0v) is 12.9. The molecule has 2 rings (SSSR count). The van der Waals surface area contributed by atoms with E-state index in [1.807, 2.05) is 6.92 Å². The Kier molecular flexibility index (Phi) is 5.19. The summed E-state index contributed by atoms with van der Waals surface area (Å²) in [4.78, 5) is 29.6. The number of nitrogens with one attached hydrogen (secondary N) is 1. The Balaban J connectivity index is 2.22. The van der Waals surface area contributed by atoms with Gasteiger partial charge in [-0.05, 0) is 13.3 Å². The first-order valence-corrected chi connectivity index (χ1v) is 7.48. The molecule has 1 aliphatic heterocycles. The van der Waals surface area contributed by atoms with Crippen molar-refractivity contribution < 1.29 is 19.4 Å². The molecule has 1 aromatic heterocycles. The third kappa shape index (κ3) is 3.29. The average Bonchev–Trinajstić information content (AvgIpc) is 2.53. The molecule has 1 aromatic rings. The number of pyridine rings is 1. The summed E-state index contributed by atoms with van der Waals surface area (Å²) in [5.74, 6) is -0.462. The molecular formula is C15H21N3O4. The van der Waals surface area contributed by atoms with Gasteiger partial charge in [0.25, 0.3) is 5.91 Å². The van der Waals surface area contributed by atoms with Crippen LogP contribution in [0.2, 0.25) is 0 Å². The van der Waals surface area contributed by atoms with Crippen LogP contribution in [0.1, 0.15) is 41.9 Å². The molecule has 0 saturated heterocycles. The van der Waals surface area contributed by atoms with Gasteiger partial charge in [0, 0.05) is 31.3 Å². The van der Waals surface area contributed by atoms with Crippen LogP contribution in [0.5, 0.6) is 5.75 Å². The van der Waals surface area contributed by atoms with Crippen molar-refractivity contribution in [1.82, 2.24) is 15.2 Å². The number of nitrogens with zero attached hydrogens (tertiary/aromatic N) is 2. The third-order valence-corrected chi connectivity index (χ3v) is 3.51. The molecule has 0 aromatic carbocycles. The second-order valence-corrected chi connectivity index (χ2v) is 5.07. The molecule has 2 N–H and O–H groups in total. The summed E-state index contributed by atoms with van der Waals surface area (Å²) in [7, 11) is 0. The number of carbonyl (C=O) groups excluding carboxylic acids is 2. The van der Waals surface area contributed by atoms with Crippen LogP contribution >= 0.6 is 0 Å². The summed E-state index contributed by atoms with van der Waals surface area (Å²) >= 11 is 0. The molecule has 1 aliphatic rings. The second-order valence-electron chi connectivity index (χ2n) is 5.07. The van der Waals surface area contributed by atoms with Crippen LogP contribution in [0.3, 0.4) is 0 Å². The first kappa shape index (κ1) is 16.1. The molecule has 0 atom stereocenters. The van der Waals surface area contributed by atoms with E-state index in [9.17, 15) is 14.7 Å². The zero-order valence-electron chi connectivity index (χ0n) is 12.9. The summed E-state index contributed by atoms with van der Waals surface area (Å²) in [6.45, 7) is 5.20. The first-order chi connectivity index (χ1) is 10.6. The SMILES string of the molecule is CCCNC(=O)c1cnc2c(c1O)CN(C(=O)OCC)CC2. The third-order valence-electron chi connectivity index (χ3n) is 3.51. The highest BCUT2D eigenvalue weighted by atomic mass is 16.6. The largest absolute Gasteiger partial charge is 0.507 e. The van der Waals surface area contributed by atoms with Crippen LogP contribution in [0.4, 0.5) is 4.79 Å². The maximum Gasteiger partial charge on any atom is 0.410 e. The fourth-order valence-electron chi connectivity index (χ4n) is 2.34. The van der Waals surface area contributed by atoms with E-state index in [-0.39, 0.29) is 23.8 Å². The van der Waals surface area contributed by atoms with Gasteiger partial charge in [-0.15, -0.1) is 0 Å². The summed E-state index contributed by atoms with van der Waals surface area (Å²) in [5.41, 5.74) is 1.37. The van der Waals surface area contributed by atoms with Crippen molar-refractivity contribution in [3.05, 3.63) is 23.0 Å². The number of aromatic hydroxyl groups is 1. The van der Waals surface area contributed by atoms with Crippen LogP contribution in [0.15, 0.2) is 6.20 Å². The normalized spacial score (nSPS) is 13.5. The minimum atomic E-state index is -0.423.